The summed E-state index contributed by atoms with van der Waals surface area (Å²) < 4.78 is 7.80. The second kappa shape index (κ2) is 6.04. The van der Waals surface area contributed by atoms with Crippen molar-refractivity contribution >= 4 is 11.6 Å². The van der Waals surface area contributed by atoms with Crippen LogP contribution in [-0.4, -0.2) is 21.5 Å². The monoisotopic (exact) mass is 216 g/mol. The zero-order valence-corrected chi connectivity index (χ0v) is 9.44. The van der Waals surface area contributed by atoms with E-state index in [2.05, 4.69) is 11.9 Å². The van der Waals surface area contributed by atoms with Gasteiger partial charge >= 0.3 is 0 Å². The molecule has 1 rings (SSSR count). The molecule has 0 aliphatic rings. The highest BCUT2D eigenvalue weighted by atomic mass is 35.5. The zero-order chi connectivity index (χ0) is 10.4. The highest BCUT2D eigenvalue weighted by Gasteiger charge is 2.11. The van der Waals surface area contributed by atoms with Gasteiger partial charge < -0.3 is 9.30 Å². The Labute approximate surface area is 90.0 Å². The number of alkyl halides is 1. The number of hydrogen-bond donors (Lipinski definition) is 0. The third-order valence-corrected chi connectivity index (χ3v) is 2.33. The molecule has 1 aromatic heterocycles. The summed E-state index contributed by atoms with van der Waals surface area (Å²) in [6.07, 6.45) is 7.55. The smallest absolute Gasteiger partial charge is 0.134 e. The van der Waals surface area contributed by atoms with Gasteiger partial charge in [0.15, 0.2) is 0 Å². The molecule has 14 heavy (non-hydrogen) atoms. The second-order valence-electron chi connectivity index (χ2n) is 3.30. The number of hydrogen-bond acceptors (Lipinski definition) is 2. The van der Waals surface area contributed by atoms with E-state index in [4.69, 9.17) is 16.3 Å². The summed E-state index contributed by atoms with van der Waals surface area (Å²) >= 11 is 5.65. The molecule has 0 aromatic carbocycles. The van der Waals surface area contributed by atoms with Gasteiger partial charge in [-0.1, -0.05) is 6.92 Å². The number of aromatic nitrogens is 2. The normalized spacial score (nSPS) is 15.4. The van der Waals surface area contributed by atoms with Crippen LogP contribution < -0.4 is 0 Å². The molecule has 0 fully saturated rings. The van der Waals surface area contributed by atoms with Crippen molar-refractivity contribution in [2.24, 2.45) is 0 Å². The number of halogens is 1. The van der Waals surface area contributed by atoms with Crippen LogP contribution in [-0.2, 0) is 4.74 Å². The van der Waals surface area contributed by atoms with E-state index in [0.717, 1.165) is 12.8 Å². The van der Waals surface area contributed by atoms with Crippen LogP contribution >= 0.6 is 11.6 Å². The minimum atomic E-state index is 0.0794. The maximum atomic E-state index is 5.82. The lowest BCUT2D eigenvalue weighted by atomic mass is 10.3. The molecule has 0 saturated heterocycles. The molecule has 0 aliphatic heterocycles. The first-order valence-electron chi connectivity index (χ1n) is 4.96. The first-order valence-corrected chi connectivity index (χ1v) is 5.50. The fourth-order valence-electron chi connectivity index (χ4n) is 1.31. The van der Waals surface area contributed by atoms with Crippen LogP contribution in [0.3, 0.4) is 0 Å². The van der Waals surface area contributed by atoms with E-state index in [1.165, 1.54) is 0 Å². The Balaban J connectivity index is 2.47. The third-order valence-electron chi connectivity index (χ3n) is 2.11. The summed E-state index contributed by atoms with van der Waals surface area (Å²) in [5.74, 6) is 0.640. The summed E-state index contributed by atoms with van der Waals surface area (Å²) in [5.41, 5.74) is 0. The minimum Gasteiger partial charge on any atom is -0.355 e. The predicted octanol–water partition coefficient (Wildman–Crippen LogP) is 2.83. The Bertz CT molecular complexity index is 238. The van der Waals surface area contributed by atoms with E-state index in [-0.39, 0.29) is 12.3 Å². The van der Waals surface area contributed by atoms with Crippen LogP contribution in [0.15, 0.2) is 18.7 Å². The van der Waals surface area contributed by atoms with Gasteiger partial charge in [-0.2, -0.15) is 0 Å². The second-order valence-corrected chi connectivity index (χ2v) is 3.68. The Morgan fingerprint density at radius 3 is 2.86 bits per heavy atom. The first kappa shape index (κ1) is 11.5. The molecule has 80 valence electrons. The lowest BCUT2D eigenvalue weighted by Crippen LogP contribution is -2.17. The van der Waals surface area contributed by atoms with Gasteiger partial charge in [-0.15, -0.1) is 11.6 Å². The van der Waals surface area contributed by atoms with E-state index in [9.17, 15) is 0 Å². The van der Waals surface area contributed by atoms with Crippen molar-refractivity contribution in [2.75, 3.05) is 5.88 Å². The van der Waals surface area contributed by atoms with Crippen LogP contribution in [0.25, 0.3) is 0 Å². The molecular weight excluding hydrogens is 200 g/mol. The maximum absolute atomic E-state index is 5.82. The van der Waals surface area contributed by atoms with Crippen molar-refractivity contribution in [3.63, 3.8) is 0 Å². The third kappa shape index (κ3) is 3.31. The number of ether oxygens (including phenoxy) is 1. The number of imidazole rings is 1. The van der Waals surface area contributed by atoms with Crippen molar-refractivity contribution in [1.29, 1.82) is 0 Å². The van der Waals surface area contributed by atoms with Crippen LogP contribution in [0.1, 0.15) is 32.9 Å². The molecule has 0 saturated carbocycles. The van der Waals surface area contributed by atoms with E-state index in [0.29, 0.717) is 5.88 Å². The van der Waals surface area contributed by atoms with Crippen molar-refractivity contribution in [3.8, 4) is 0 Å². The van der Waals surface area contributed by atoms with Crippen LogP contribution in [0, 0.1) is 0 Å². The van der Waals surface area contributed by atoms with E-state index < -0.39 is 0 Å². The molecule has 0 N–H and O–H groups in total. The van der Waals surface area contributed by atoms with Crippen molar-refractivity contribution in [2.45, 2.75) is 39.0 Å². The van der Waals surface area contributed by atoms with Gasteiger partial charge in [0.05, 0.1) is 12.4 Å². The largest absolute Gasteiger partial charge is 0.355 e. The number of rotatable bonds is 6. The van der Waals surface area contributed by atoms with E-state index in [1.54, 1.807) is 12.5 Å². The van der Waals surface area contributed by atoms with Gasteiger partial charge in [-0.05, 0) is 19.8 Å². The highest BCUT2D eigenvalue weighted by molar-refractivity contribution is 6.17. The zero-order valence-electron chi connectivity index (χ0n) is 8.69. The van der Waals surface area contributed by atoms with Crippen molar-refractivity contribution in [3.05, 3.63) is 18.7 Å². The molecule has 2 atom stereocenters. The molecule has 0 amide bonds. The van der Waals surface area contributed by atoms with Crippen molar-refractivity contribution < 1.29 is 4.74 Å². The van der Waals surface area contributed by atoms with Gasteiger partial charge in [-0.3, -0.25) is 0 Å². The number of nitrogens with zero attached hydrogens (tertiary/aromatic N) is 2. The van der Waals surface area contributed by atoms with Crippen molar-refractivity contribution in [1.82, 2.24) is 9.55 Å². The lowest BCUT2D eigenvalue weighted by molar-refractivity contribution is -0.0483. The standard InChI is InChI=1S/C10H17ClN2O/c1-3-10(13-7-6-12-8-13)14-9(2)4-5-11/h6-10H,3-5H2,1-2H3. The first-order chi connectivity index (χ1) is 6.77. The van der Waals surface area contributed by atoms with Gasteiger partial charge in [0.2, 0.25) is 0 Å². The Morgan fingerprint density at radius 2 is 2.36 bits per heavy atom. The summed E-state index contributed by atoms with van der Waals surface area (Å²) in [7, 11) is 0. The van der Waals surface area contributed by atoms with Gasteiger partial charge in [0.25, 0.3) is 0 Å². The molecular formula is C10H17ClN2O. The highest BCUT2D eigenvalue weighted by Crippen LogP contribution is 2.16. The summed E-state index contributed by atoms with van der Waals surface area (Å²) in [4.78, 5) is 4.00. The predicted molar refractivity (Wildman–Crippen MR) is 57.4 cm³/mol. The molecule has 0 bridgehead atoms. The SMILES string of the molecule is CCC(OC(C)CCCl)n1ccnc1. The van der Waals surface area contributed by atoms with Crippen LogP contribution in [0.5, 0.6) is 0 Å². The van der Waals surface area contributed by atoms with E-state index >= 15 is 0 Å². The molecule has 4 heteroatoms. The van der Waals surface area contributed by atoms with Crippen LogP contribution in [0.4, 0.5) is 0 Å². The van der Waals surface area contributed by atoms with E-state index in [1.807, 2.05) is 17.7 Å². The summed E-state index contributed by atoms with van der Waals surface area (Å²) in [6.45, 7) is 4.14. The quantitative estimate of drug-likeness (QED) is 0.684. The summed E-state index contributed by atoms with van der Waals surface area (Å²) in [6, 6.07) is 0. The van der Waals surface area contributed by atoms with Gasteiger partial charge in [-0.25, -0.2) is 4.98 Å². The lowest BCUT2D eigenvalue weighted by Gasteiger charge is -2.21. The Morgan fingerprint density at radius 1 is 1.57 bits per heavy atom. The summed E-state index contributed by atoms with van der Waals surface area (Å²) in [5, 5.41) is 0. The molecule has 0 radical (unpaired) electrons. The average molecular weight is 217 g/mol. The average Bonchev–Trinajstić information content (AvgIpc) is 2.67. The van der Waals surface area contributed by atoms with Crippen LogP contribution in [0.2, 0.25) is 0 Å². The Hall–Kier alpha value is -0.540. The molecule has 1 heterocycles. The molecule has 2 unspecified atom stereocenters. The molecule has 1 aromatic rings. The molecule has 3 nitrogen and oxygen atoms in total. The van der Waals surface area contributed by atoms with Gasteiger partial charge in [0.1, 0.15) is 6.23 Å². The topological polar surface area (TPSA) is 27.1 Å². The molecule has 0 aliphatic carbocycles. The molecule has 0 spiro atoms. The van der Waals surface area contributed by atoms with Gasteiger partial charge in [0, 0.05) is 18.3 Å². The minimum absolute atomic E-state index is 0.0794. The fourth-order valence-corrected chi connectivity index (χ4v) is 1.61. The fraction of sp³-hybridized carbons (Fsp3) is 0.700. The maximum Gasteiger partial charge on any atom is 0.134 e. The Kier molecular flexibility index (Phi) is 4.98.